The third-order valence-electron chi connectivity index (χ3n) is 5.42. The summed E-state index contributed by atoms with van der Waals surface area (Å²) < 4.78 is 35.6. The fourth-order valence-electron chi connectivity index (χ4n) is 3.84. The van der Waals surface area contributed by atoms with E-state index < -0.39 is 17.2 Å². The van der Waals surface area contributed by atoms with Crippen molar-refractivity contribution in [2.75, 3.05) is 31.6 Å². The average Bonchev–Trinajstić information content (AvgIpc) is 3.18. The zero-order valence-corrected chi connectivity index (χ0v) is 17.3. The van der Waals surface area contributed by atoms with Crippen LogP contribution < -0.4 is 10.9 Å². The highest BCUT2D eigenvalue weighted by atomic mass is 19.1. The lowest BCUT2D eigenvalue weighted by Gasteiger charge is -2.27. The van der Waals surface area contributed by atoms with Gasteiger partial charge in [-0.3, -0.25) is 14.0 Å². The largest absolute Gasteiger partial charge is 0.378 e. The number of carbonyl (C=O) groups excluding carboxylic acids is 1. The fraction of sp³-hybridized carbons (Fsp3) is 0.174. The van der Waals surface area contributed by atoms with E-state index >= 15 is 0 Å². The smallest absolute Gasteiger partial charge is 0.276 e. The molecule has 33 heavy (non-hydrogen) atoms. The lowest BCUT2D eigenvalue weighted by Crippen LogP contribution is -2.40. The van der Waals surface area contributed by atoms with Crippen molar-refractivity contribution in [2.45, 2.75) is 0 Å². The minimum Gasteiger partial charge on any atom is -0.378 e. The summed E-state index contributed by atoms with van der Waals surface area (Å²) in [6, 6.07) is 10.3. The molecule has 1 fully saturated rings. The number of morpholine rings is 1. The van der Waals surface area contributed by atoms with Gasteiger partial charge in [-0.1, -0.05) is 12.1 Å². The minimum absolute atomic E-state index is 0.0604. The summed E-state index contributed by atoms with van der Waals surface area (Å²) in [7, 11) is 0. The summed E-state index contributed by atoms with van der Waals surface area (Å²) >= 11 is 0. The predicted octanol–water partition coefficient (Wildman–Crippen LogP) is 3.18. The van der Waals surface area contributed by atoms with Gasteiger partial charge in [0.2, 0.25) is 0 Å². The van der Waals surface area contributed by atoms with Crippen LogP contribution in [0.2, 0.25) is 0 Å². The lowest BCUT2D eigenvalue weighted by atomic mass is 10.1. The number of fused-ring (bicyclic) bond motifs is 1. The molecule has 1 saturated heterocycles. The molecule has 5 rings (SSSR count). The van der Waals surface area contributed by atoms with Gasteiger partial charge in [0.1, 0.15) is 11.6 Å². The third kappa shape index (κ3) is 3.85. The van der Waals surface area contributed by atoms with Crippen LogP contribution in [-0.2, 0) is 4.74 Å². The lowest BCUT2D eigenvalue weighted by molar-refractivity contribution is 0.0303. The number of halogens is 2. The van der Waals surface area contributed by atoms with E-state index in [-0.39, 0.29) is 28.6 Å². The van der Waals surface area contributed by atoms with E-state index in [1.807, 2.05) is 0 Å². The highest BCUT2D eigenvalue weighted by molar-refractivity contribution is 5.95. The number of aromatic nitrogens is 3. The Kier molecular flexibility index (Phi) is 5.35. The molecule has 10 heteroatoms. The topological polar surface area (TPSA) is 91.7 Å². The van der Waals surface area contributed by atoms with Crippen LogP contribution in [0.5, 0.6) is 0 Å². The standard InChI is InChI=1S/C23H19F2N5O3/c24-16-5-2-6-17(25)18(16)21-28-20(19-22(31)26-7-8-30(19)21)27-15-4-1-3-14(13-15)23(32)29-9-11-33-12-10-29/h1-8,13,27H,9-12H2,(H,26,31). The van der Waals surface area contributed by atoms with Crippen molar-refractivity contribution >= 4 is 22.9 Å². The first-order valence-corrected chi connectivity index (χ1v) is 10.3. The number of imidazole rings is 1. The van der Waals surface area contributed by atoms with Gasteiger partial charge in [0.15, 0.2) is 17.2 Å². The summed E-state index contributed by atoms with van der Waals surface area (Å²) in [6.45, 7) is 2.00. The van der Waals surface area contributed by atoms with Gasteiger partial charge in [-0.25, -0.2) is 13.8 Å². The number of aromatic amines is 1. The van der Waals surface area contributed by atoms with Crippen LogP contribution in [0.4, 0.5) is 20.3 Å². The quantitative estimate of drug-likeness (QED) is 0.497. The molecule has 0 radical (unpaired) electrons. The summed E-state index contributed by atoms with van der Waals surface area (Å²) in [5.41, 5.74) is 0.205. The SMILES string of the molecule is O=C(c1cccc(Nc2nc(-c3c(F)cccc3F)n3cc[nH]c(=O)c23)c1)N1CCOCC1. The highest BCUT2D eigenvalue weighted by Crippen LogP contribution is 2.30. The zero-order valence-electron chi connectivity index (χ0n) is 17.3. The van der Waals surface area contributed by atoms with Crippen LogP contribution in [0.25, 0.3) is 16.9 Å². The van der Waals surface area contributed by atoms with Gasteiger partial charge >= 0.3 is 0 Å². The van der Waals surface area contributed by atoms with E-state index in [0.29, 0.717) is 37.6 Å². The second-order valence-electron chi connectivity index (χ2n) is 7.50. The maximum absolute atomic E-state index is 14.5. The van der Waals surface area contributed by atoms with Gasteiger partial charge in [0, 0.05) is 36.7 Å². The summed E-state index contributed by atoms with van der Waals surface area (Å²) in [5.74, 6) is -1.69. The van der Waals surface area contributed by atoms with E-state index in [4.69, 9.17) is 4.74 Å². The van der Waals surface area contributed by atoms with Gasteiger partial charge < -0.3 is 19.9 Å². The molecule has 1 aliphatic heterocycles. The Balaban J connectivity index is 1.55. The highest BCUT2D eigenvalue weighted by Gasteiger charge is 2.22. The molecule has 4 aromatic rings. The van der Waals surface area contributed by atoms with E-state index in [1.165, 1.54) is 22.9 Å². The summed E-state index contributed by atoms with van der Waals surface area (Å²) in [5, 5.41) is 3.02. The molecule has 0 saturated carbocycles. The second kappa shape index (κ2) is 8.47. The number of hydrogen-bond acceptors (Lipinski definition) is 5. The number of anilines is 2. The van der Waals surface area contributed by atoms with Gasteiger partial charge in [0.25, 0.3) is 11.5 Å². The van der Waals surface area contributed by atoms with Crippen LogP contribution in [0.3, 0.4) is 0 Å². The van der Waals surface area contributed by atoms with Crippen molar-refractivity contribution in [3.63, 3.8) is 0 Å². The van der Waals surface area contributed by atoms with Crippen LogP contribution in [0, 0.1) is 11.6 Å². The first-order chi connectivity index (χ1) is 16.0. The molecular formula is C23H19F2N5O3. The minimum atomic E-state index is -0.799. The number of amides is 1. The van der Waals surface area contributed by atoms with Crippen molar-refractivity contribution in [3.05, 3.63) is 82.4 Å². The Morgan fingerprint density at radius 3 is 2.58 bits per heavy atom. The summed E-state index contributed by atoms with van der Waals surface area (Å²) in [4.78, 5) is 34.0. The van der Waals surface area contributed by atoms with E-state index in [9.17, 15) is 18.4 Å². The molecule has 1 amide bonds. The maximum atomic E-state index is 14.5. The predicted molar refractivity (Wildman–Crippen MR) is 118 cm³/mol. The molecule has 3 heterocycles. The number of rotatable bonds is 4. The van der Waals surface area contributed by atoms with Crippen molar-refractivity contribution in [2.24, 2.45) is 0 Å². The number of nitrogens with zero attached hydrogens (tertiary/aromatic N) is 3. The van der Waals surface area contributed by atoms with Crippen molar-refractivity contribution in [1.29, 1.82) is 0 Å². The molecule has 1 aliphatic rings. The zero-order chi connectivity index (χ0) is 22.9. The van der Waals surface area contributed by atoms with Gasteiger partial charge in [0.05, 0.1) is 18.8 Å². The molecule has 2 N–H and O–H groups in total. The second-order valence-corrected chi connectivity index (χ2v) is 7.50. The third-order valence-corrected chi connectivity index (χ3v) is 5.42. The van der Waals surface area contributed by atoms with E-state index in [1.54, 1.807) is 29.2 Å². The first kappa shape index (κ1) is 20.8. The van der Waals surface area contributed by atoms with Crippen LogP contribution in [0.1, 0.15) is 10.4 Å². The molecule has 0 spiro atoms. The Morgan fingerprint density at radius 1 is 1.09 bits per heavy atom. The van der Waals surface area contributed by atoms with Gasteiger partial charge in [-0.2, -0.15) is 0 Å². The van der Waals surface area contributed by atoms with Crippen molar-refractivity contribution < 1.29 is 18.3 Å². The number of H-pyrrole nitrogens is 1. The molecule has 0 aliphatic carbocycles. The Labute approximate surface area is 186 Å². The average molecular weight is 451 g/mol. The van der Waals surface area contributed by atoms with Crippen LogP contribution in [-0.4, -0.2) is 51.5 Å². The van der Waals surface area contributed by atoms with E-state index in [0.717, 1.165) is 12.1 Å². The summed E-state index contributed by atoms with van der Waals surface area (Å²) in [6.07, 6.45) is 2.83. The molecular weight excluding hydrogens is 432 g/mol. The molecule has 0 unspecified atom stereocenters. The number of benzene rings is 2. The Morgan fingerprint density at radius 2 is 1.82 bits per heavy atom. The Bertz CT molecular complexity index is 1390. The molecule has 0 atom stereocenters. The maximum Gasteiger partial charge on any atom is 0.276 e. The molecule has 8 nitrogen and oxygen atoms in total. The molecule has 0 bridgehead atoms. The number of nitrogens with one attached hydrogen (secondary N) is 2. The van der Waals surface area contributed by atoms with Crippen molar-refractivity contribution in [1.82, 2.24) is 19.3 Å². The van der Waals surface area contributed by atoms with E-state index in [2.05, 4.69) is 15.3 Å². The fourth-order valence-corrected chi connectivity index (χ4v) is 3.84. The molecule has 168 valence electrons. The number of carbonyl (C=O) groups is 1. The molecule has 2 aromatic carbocycles. The first-order valence-electron chi connectivity index (χ1n) is 10.3. The Hall–Kier alpha value is -4.05. The van der Waals surface area contributed by atoms with Crippen LogP contribution >= 0.6 is 0 Å². The molecule has 2 aromatic heterocycles. The van der Waals surface area contributed by atoms with Gasteiger partial charge in [-0.15, -0.1) is 0 Å². The van der Waals surface area contributed by atoms with Gasteiger partial charge in [-0.05, 0) is 30.3 Å². The number of hydrogen-bond donors (Lipinski definition) is 2. The monoisotopic (exact) mass is 451 g/mol. The normalized spacial score (nSPS) is 13.9. The van der Waals surface area contributed by atoms with Crippen LogP contribution in [0.15, 0.2) is 59.7 Å². The van der Waals surface area contributed by atoms with Crippen molar-refractivity contribution in [3.8, 4) is 11.4 Å². The number of ether oxygens (including phenoxy) is 1.